The molecule has 0 aliphatic rings. The van der Waals surface area contributed by atoms with Gasteiger partial charge in [-0.25, -0.2) is 4.79 Å². The first-order valence-electron chi connectivity index (χ1n) is 5.06. The van der Waals surface area contributed by atoms with Crippen molar-refractivity contribution in [3.05, 3.63) is 23.7 Å². The Balaban J connectivity index is 2.81. The Morgan fingerprint density at radius 1 is 1.50 bits per heavy atom. The Hall–Kier alpha value is -1.78. The molecule has 0 aromatic carbocycles. The summed E-state index contributed by atoms with van der Waals surface area (Å²) in [6.45, 7) is 3.36. The molecule has 1 amide bonds. The molecule has 0 saturated heterocycles. The molecule has 16 heavy (non-hydrogen) atoms. The first kappa shape index (κ1) is 12.3. The standard InChI is InChI=1S/C11H15NO4/c1-4-8-5-6-9(16-8)10(13)12(3)7(2)11(14)15/h5-7H,4H2,1-3H3,(H,14,15). The van der Waals surface area contributed by atoms with Gasteiger partial charge in [0, 0.05) is 13.5 Å². The van der Waals surface area contributed by atoms with Gasteiger partial charge in [0.15, 0.2) is 5.76 Å². The number of carboxylic acid groups (broad SMARTS) is 1. The lowest BCUT2D eigenvalue weighted by Crippen LogP contribution is -2.40. The fraction of sp³-hybridized carbons (Fsp3) is 0.455. The third kappa shape index (κ3) is 2.42. The van der Waals surface area contributed by atoms with Crippen LogP contribution in [0.1, 0.15) is 30.2 Å². The summed E-state index contributed by atoms with van der Waals surface area (Å²) in [7, 11) is 1.44. The lowest BCUT2D eigenvalue weighted by molar-refractivity contribution is -0.141. The second-order valence-corrected chi connectivity index (χ2v) is 3.55. The fourth-order valence-electron chi connectivity index (χ4n) is 1.20. The summed E-state index contributed by atoms with van der Waals surface area (Å²) in [6.07, 6.45) is 0.700. The molecule has 0 radical (unpaired) electrons. The average molecular weight is 225 g/mol. The molecule has 1 unspecified atom stereocenters. The number of carbonyl (C=O) groups is 2. The van der Waals surface area contributed by atoms with Gasteiger partial charge in [-0.2, -0.15) is 0 Å². The molecule has 1 heterocycles. The van der Waals surface area contributed by atoms with E-state index in [1.807, 2.05) is 6.92 Å². The van der Waals surface area contributed by atoms with Gasteiger partial charge < -0.3 is 14.4 Å². The van der Waals surface area contributed by atoms with Crippen LogP contribution >= 0.6 is 0 Å². The first-order chi connectivity index (χ1) is 7.47. The Labute approximate surface area is 93.7 Å². The van der Waals surface area contributed by atoms with E-state index in [4.69, 9.17) is 9.52 Å². The van der Waals surface area contributed by atoms with E-state index in [1.54, 1.807) is 12.1 Å². The Morgan fingerprint density at radius 3 is 2.56 bits per heavy atom. The number of hydrogen-bond donors (Lipinski definition) is 1. The molecular weight excluding hydrogens is 210 g/mol. The molecule has 5 nitrogen and oxygen atoms in total. The fourth-order valence-corrected chi connectivity index (χ4v) is 1.20. The maximum Gasteiger partial charge on any atom is 0.326 e. The molecule has 0 bridgehead atoms. The topological polar surface area (TPSA) is 70.8 Å². The minimum absolute atomic E-state index is 0.174. The van der Waals surface area contributed by atoms with Crippen LogP contribution in [0.25, 0.3) is 0 Å². The highest BCUT2D eigenvalue weighted by atomic mass is 16.4. The molecule has 0 spiro atoms. The SMILES string of the molecule is CCc1ccc(C(=O)N(C)C(C)C(=O)O)o1. The maximum atomic E-state index is 11.8. The van der Waals surface area contributed by atoms with Gasteiger partial charge in [-0.15, -0.1) is 0 Å². The lowest BCUT2D eigenvalue weighted by Gasteiger charge is -2.19. The van der Waals surface area contributed by atoms with Crippen LogP contribution in [0.5, 0.6) is 0 Å². The van der Waals surface area contributed by atoms with Crippen LogP contribution in [0.4, 0.5) is 0 Å². The molecule has 1 aromatic heterocycles. The Kier molecular flexibility index (Phi) is 3.71. The molecule has 5 heteroatoms. The molecule has 0 aliphatic heterocycles. The highest BCUT2D eigenvalue weighted by Gasteiger charge is 2.24. The average Bonchev–Trinajstić information content (AvgIpc) is 2.74. The first-order valence-corrected chi connectivity index (χ1v) is 5.06. The van der Waals surface area contributed by atoms with Crippen molar-refractivity contribution >= 4 is 11.9 Å². The largest absolute Gasteiger partial charge is 0.480 e. The summed E-state index contributed by atoms with van der Waals surface area (Å²) < 4.78 is 5.26. The number of aryl methyl sites for hydroxylation is 1. The van der Waals surface area contributed by atoms with E-state index in [2.05, 4.69) is 0 Å². The van der Waals surface area contributed by atoms with Crippen molar-refractivity contribution in [3.8, 4) is 0 Å². The van der Waals surface area contributed by atoms with Crippen LogP contribution in [0.3, 0.4) is 0 Å². The lowest BCUT2D eigenvalue weighted by atomic mass is 10.3. The molecule has 0 aliphatic carbocycles. The van der Waals surface area contributed by atoms with Crippen LogP contribution in [0.2, 0.25) is 0 Å². The highest BCUT2D eigenvalue weighted by Crippen LogP contribution is 2.12. The normalized spacial score (nSPS) is 12.2. The van der Waals surface area contributed by atoms with Crippen LogP contribution < -0.4 is 0 Å². The van der Waals surface area contributed by atoms with E-state index in [0.717, 1.165) is 4.90 Å². The van der Waals surface area contributed by atoms with Gasteiger partial charge in [-0.05, 0) is 19.1 Å². The number of hydrogen-bond acceptors (Lipinski definition) is 3. The van der Waals surface area contributed by atoms with Crippen molar-refractivity contribution in [2.75, 3.05) is 7.05 Å². The minimum Gasteiger partial charge on any atom is -0.480 e. The predicted molar refractivity (Wildman–Crippen MR) is 57.3 cm³/mol. The number of aliphatic carboxylic acids is 1. The summed E-state index contributed by atoms with van der Waals surface area (Å²) in [6, 6.07) is 2.40. The molecule has 1 aromatic rings. The molecule has 1 rings (SSSR count). The van der Waals surface area contributed by atoms with Gasteiger partial charge in [-0.3, -0.25) is 4.79 Å². The summed E-state index contributed by atoms with van der Waals surface area (Å²) in [5, 5.41) is 8.78. The number of nitrogens with zero attached hydrogens (tertiary/aromatic N) is 1. The van der Waals surface area contributed by atoms with Crippen LogP contribution in [-0.4, -0.2) is 35.0 Å². The predicted octanol–water partition coefficient (Wildman–Crippen LogP) is 1.39. The molecule has 0 fully saturated rings. The van der Waals surface area contributed by atoms with Crippen molar-refractivity contribution in [2.24, 2.45) is 0 Å². The number of rotatable bonds is 4. The number of carboxylic acids is 1. The summed E-state index contributed by atoms with van der Waals surface area (Å²) in [5.74, 6) is -0.583. The Bertz CT molecular complexity index is 396. The van der Waals surface area contributed by atoms with Gasteiger partial charge >= 0.3 is 5.97 Å². The van der Waals surface area contributed by atoms with Crippen LogP contribution in [-0.2, 0) is 11.2 Å². The molecule has 88 valence electrons. The third-order valence-corrected chi connectivity index (χ3v) is 2.48. The van der Waals surface area contributed by atoms with E-state index in [0.29, 0.717) is 12.2 Å². The molecule has 1 atom stereocenters. The Morgan fingerprint density at radius 2 is 2.12 bits per heavy atom. The van der Waals surface area contributed by atoms with Gasteiger partial charge in [-0.1, -0.05) is 6.92 Å². The van der Waals surface area contributed by atoms with E-state index in [-0.39, 0.29) is 5.76 Å². The molecule has 1 N–H and O–H groups in total. The quantitative estimate of drug-likeness (QED) is 0.840. The van der Waals surface area contributed by atoms with Crippen molar-refractivity contribution < 1.29 is 19.1 Å². The van der Waals surface area contributed by atoms with Gasteiger partial charge in [0.05, 0.1) is 0 Å². The molecular formula is C11H15NO4. The van der Waals surface area contributed by atoms with Crippen molar-refractivity contribution in [3.63, 3.8) is 0 Å². The van der Waals surface area contributed by atoms with Gasteiger partial charge in [0.25, 0.3) is 5.91 Å². The number of amides is 1. The minimum atomic E-state index is -1.04. The van der Waals surface area contributed by atoms with Gasteiger partial charge in [0.2, 0.25) is 0 Å². The third-order valence-electron chi connectivity index (χ3n) is 2.48. The van der Waals surface area contributed by atoms with Crippen molar-refractivity contribution in [1.29, 1.82) is 0 Å². The van der Waals surface area contributed by atoms with E-state index < -0.39 is 17.9 Å². The number of likely N-dealkylation sites (N-methyl/N-ethyl adjacent to an activating group) is 1. The van der Waals surface area contributed by atoms with Gasteiger partial charge in [0.1, 0.15) is 11.8 Å². The molecule has 0 saturated carbocycles. The zero-order valence-corrected chi connectivity index (χ0v) is 9.56. The summed E-state index contributed by atoms with van der Waals surface area (Å²) >= 11 is 0. The monoisotopic (exact) mass is 225 g/mol. The highest BCUT2D eigenvalue weighted by molar-refractivity contribution is 5.94. The van der Waals surface area contributed by atoms with Crippen LogP contribution in [0, 0.1) is 0 Å². The zero-order chi connectivity index (χ0) is 12.3. The second-order valence-electron chi connectivity index (χ2n) is 3.55. The van der Waals surface area contributed by atoms with Crippen molar-refractivity contribution in [2.45, 2.75) is 26.3 Å². The smallest absolute Gasteiger partial charge is 0.326 e. The van der Waals surface area contributed by atoms with E-state index in [9.17, 15) is 9.59 Å². The number of carbonyl (C=O) groups excluding carboxylic acids is 1. The summed E-state index contributed by atoms with van der Waals surface area (Å²) in [4.78, 5) is 23.6. The van der Waals surface area contributed by atoms with E-state index in [1.165, 1.54) is 14.0 Å². The van der Waals surface area contributed by atoms with E-state index >= 15 is 0 Å². The van der Waals surface area contributed by atoms with Crippen molar-refractivity contribution in [1.82, 2.24) is 4.90 Å². The number of furan rings is 1. The maximum absolute atomic E-state index is 11.8. The zero-order valence-electron chi connectivity index (χ0n) is 9.56. The second kappa shape index (κ2) is 4.83. The summed E-state index contributed by atoms with van der Waals surface area (Å²) in [5.41, 5.74) is 0. The van der Waals surface area contributed by atoms with Crippen LogP contribution in [0.15, 0.2) is 16.5 Å².